The van der Waals surface area contributed by atoms with Crippen molar-refractivity contribution in [2.75, 3.05) is 12.1 Å². The van der Waals surface area contributed by atoms with Gasteiger partial charge in [-0.2, -0.15) is 10.1 Å². The summed E-state index contributed by atoms with van der Waals surface area (Å²) in [6.45, 7) is 0.275. The van der Waals surface area contributed by atoms with E-state index in [1.807, 2.05) is 60.7 Å². The van der Waals surface area contributed by atoms with Gasteiger partial charge in [-0.1, -0.05) is 101 Å². The van der Waals surface area contributed by atoms with Crippen LogP contribution in [0.15, 0.2) is 95.6 Å². The van der Waals surface area contributed by atoms with Crippen molar-refractivity contribution in [2.45, 2.75) is 6.61 Å². The van der Waals surface area contributed by atoms with Crippen LogP contribution in [0.3, 0.4) is 0 Å². The van der Waals surface area contributed by atoms with E-state index < -0.39 is 5.91 Å². The molecule has 1 aliphatic heterocycles. The number of rotatable bonds is 7. The zero-order chi connectivity index (χ0) is 27.5. The summed E-state index contributed by atoms with van der Waals surface area (Å²) in [5.41, 5.74) is 3.40. The van der Waals surface area contributed by atoms with Crippen LogP contribution in [-0.2, 0) is 11.4 Å². The van der Waals surface area contributed by atoms with E-state index in [0.29, 0.717) is 38.4 Å². The summed E-state index contributed by atoms with van der Waals surface area (Å²) in [6.07, 6.45) is 1.74. The van der Waals surface area contributed by atoms with E-state index in [-0.39, 0.29) is 22.3 Å². The second-order valence-electron chi connectivity index (χ2n) is 8.50. The molecule has 0 atom stereocenters. The smallest absolute Gasteiger partial charge is 0.281 e. The van der Waals surface area contributed by atoms with Crippen LogP contribution in [0.2, 0.25) is 20.1 Å². The van der Waals surface area contributed by atoms with Gasteiger partial charge in [0.2, 0.25) is 0 Å². The fourth-order valence-corrected chi connectivity index (χ4v) is 5.24. The molecule has 0 bridgehead atoms. The van der Waals surface area contributed by atoms with Crippen LogP contribution < -0.4 is 14.5 Å². The number of halogens is 4. The largest absolute Gasteiger partial charge is 0.493 e. The van der Waals surface area contributed by atoms with Gasteiger partial charge in [0.15, 0.2) is 11.5 Å². The van der Waals surface area contributed by atoms with Crippen molar-refractivity contribution >= 4 is 69.8 Å². The molecule has 5 nitrogen and oxygen atoms in total. The Morgan fingerprint density at radius 3 is 2.21 bits per heavy atom. The first-order chi connectivity index (χ1) is 18.9. The summed E-state index contributed by atoms with van der Waals surface area (Å²) >= 11 is 25.2. The van der Waals surface area contributed by atoms with E-state index in [1.54, 1.807) is 25.3 Å². The molecule has 0 unspecified atom stereocenters. The van der Waals surface area contributed by atoms with E-state index in [1.165, 1.54) is 17.1 Å². The highest BCUT2D eigenvalue weighted by atomic mass is 35.5. The molecule has 196 valence electrons. The summed E-state index contributed by atoms with van der Waals surface area (Å²) in [4.78, 5) is 13.7. The molecule has 0 spiro atoms. The minimum atomic E-state index is -0.391. The summed E-state index contributed by atoms with van der Waals surface area (Å²) in [5, 5.41) is 7.22. The average molecular weight is 598 g/mol. The lowest BCUT2D eigenvalue weighted by Crippen LogP contribution is -2.22. The molecule has 0 radical (unpaired) electrons. The van der Waals surface area contributed by atoms with Gasteiger partial charge in [-0.3, -0.25) is 4.79 Å². The quantitative estimate of drug-likeness (QED) is 0.200. The molecular formula is C30H20Cl4N2O3. The number of benzene rings is 4. The normalized spacial score (nSPS) is 14.1. The number of carbonyl (C=O) groups is 1. The van der Waals surface area contributed by atoms with Crippen molar-refractivity contribution in [1.82, 2.24) is 0 Å². The van der Waals surface area contributed by atoms with Crippen molar-refractivity contribution in [3.8, 4) is 11.5 Å². The van der Waals surface area contributed by atoms with Crippen molar-refractivity contribution < 1.29 is 14.3 Å². The molecule has 9 heteroatoms. The van der Waals surface area contributed by atoms with Crippen LogP contribution in [0, 0.1) is 0 Å². The van der Waals surface area contributed by atoms with Crippen molar-refractivity contribution in [1.29, 1.82) is 0 Å². The zero-order valence-corrected chi connectivity index (χ0v) is 23.5. The van der Waals surface area contributed by atoms with Gasteiger partial charge in [-0.25, -0.2) is 0 Å². The maximum absolute atomic E-state index is 13.7. The van der Waals surface area contributed by atoms with Gasteiger partial charge in [-0.15, -0.1) is 0 Å². The predicted molar refractivity (Wildman–Crippen MR) is 159 cm³/mol. The third kappa shape index (κ3) is 5.77. The van der Waals surface area contributed by atoms with E-state index in [4.69, 9.17) is 55.9 Å². The number of anilines is 1. The molecule has 4 aromatic carbocycles. The second kappa shape index (κ2) is 11.7. The number of nitrogens with zero attached hydrogens (tertiary/aromatic N) is 2. The van der Waals surface area contributed by atoms with Gasteiger partial charge >= 0.3 is 0 Å². The van der Waals surface area contributed by atoms with E-state index >= 15 is 0 Å². The number of ether oxygens (including phenoxy) is 2. The molecule has 0 saturated heterocycles. The molecule has 39 heavy (non-hydrogen) atoms. The van der Waals surface area contributed by atoms with Crippen LogP contribution in [0.1, 0.15) is 16.7 Å². The van der Waals surface area contributed by atoms with Crippen molar-refractivity contribution in [2.24, 2.45) is 5.10 Å². The first-order valence-electron chi connectivity index (χ1n) is 11.7. The number of hydrogen-bond acceptors (Lipinski definition) is 4. The van der Waals surface area contributed by atoms with Gasteiger partial charge in [0.1, 0.15) is 18.0 Å². The van der Waals surface area contributed by atoms with E-state index in [2.05, 4.69) is 5.10 Å². The molecule has 5 rings (SSSR count). The fourth-order valence-electron chi connectivity index (χ4n) is 4.07. The fraction of sp³-hybridized carbons (Fsp3) is 0.0667. The van der Waals surface area contributed by atoms with Crippen LogP contribution in [0.4, 0.5) is 5.69 Å². The molecule has 1 heterocycles. The summed E-state index contributed by atoms with van der Waals surface area (Å²) in [6, 6.07) is 25.3. The second-order valence-corrected chi connectivity index (χ2v) is 10.2. The predicted octanol–water partition coefficient (Wildman–Crippen LogP) is 8.72. The summed E-state index contributed by atoms with van der Waals surface area (Å²) in [7, 11) is 1.55. The lowest BCUT2D eigenvalue weighted by Gasteiger charge is -2.15. The molecule has 1 amide bonds. The topological polar surface area (TPSA) is 51.1 Å². The standard InChI is InChI=1S/C30H20Cl4N2O3/c1-38-27-14-18(11-12-26(27)39-17-20-9-5-6-10-23(20)32)13-22-28(19-7-3-2-4-8-19)35-36(30(22)37)29-24(33)15-21(31)16-25(29)34/h2-16H,17H2,1H3/b22-13-. The van der Waals surface area contributed by atoms with Crippen molar-refractivity contribution in [3.63, 3.8) is 0 Å². The van der Waals surface area contributed by atoms with E-state index in [0.717, 1.165) is 11.1 Å². The number of amides is 1. The molecular weight excluding hydrogens is 578 g/mol. The Labute approximate surface area is 245 Å². The Morgan fingerprint density at radius 2 is 1.51 bits per heavy atom. The molecule has 4 aromatic rings. The molecule has 1 aliphatic rings. The number of hydrazone groups is 1. The lowest BCUT2D eigenvalue weighted by molar-refractivity contribution is -0.114. The monoisotopic (exact) mass is 596 g/mol. The van der Waals surface area contributed by atoms with Crippen LogP contribution in [0.5, 0.6) is 11.5 Å². The Kier molecular flexibility index (Phi) is 8.15. The highest BCUT2D eigenvalue weighted by Gasteiger charge is 2.34. The number of hydrogen-bond donors (Lipinski definition) is 0. The SMILES string of the molecule is COc1cc(/C=C2\C(=O)N(c3c(Cl)cc(Cl)cc3Cl)N=C2c2ccccc2)ccc1OCc1ccccc1Cl. The number of methoxy groups -OCH3 is 1. The Balaban J connectivity index is 1.51. The third-order valence-corrected chi connectivity index (χ3v) is 7.12. The first kappa shape index (κ1) is 27.1. The number of carbonyl (C=O) groups excluding carboxylic acids is 1. The Bertz CT molecular complexity index is 1600. The minimum Gasteiger partial charge on any atom is -0.493 e. The summed E-state index contributed by atoms with van der Waals surface area (Å²) in [5.74, 6) is 0.648. The van der Waals surface area contributed by atoms with Gasteiger partial charge in [0, 0.05) is 21.2 Å². The van der Waals surface area contributed by atoms with Gasteiger partial charge in [0.25, 0.3) is 5.91 Å². The van der Waals surface area contributed by atoms with Crippen molar-refractivity contribution in [3.05, 3.63) is 127 Å². The molecule has 0 aromatic heterocycles. The van der Waals surface area contributed by atoms with E-state index in [9.17, 15) is 4.79 Å². The highest BCUT2D eigenvalue weighted by Crippen LogP contribution is 2.40. The van der Waals surface area contributed by atoms with Crippen LogP contribution in [0.25, 0.3) is 6.08 Å². The molecule has 0 fully saturated rings. The molecule has 0 N–H and O–H groups in total. The molecule has 0 aliphatic carbocycles. The van der Waals surface area contributed by atoms with Crippen LogP contribution in [-0.4, -0.2) is 18.7 Å². The van der Waals surface area contributed by atoms with Crippen LogP contribution >= 0.6 is 46.4 Å². The third-order valence-electron chi connectivity index (χ3n) is 5.96. The maximum Gasteiger partial charge on any atom is 0.281 e. The lowest BCUT2D eigenvalue weighted by atomic mass is 10.00. The molecule has 0 saturated carbocycles. The summed E-state index contributed by atoms with van der Waals surface area (Å²) < 4.78 is 11.6. The van der Waals surface area contributed by atoms with Gasteiger partial charge < -0.3 is 9.47 Å². The van der Waals surface area contributed by atoms with Gasteiger partial charge in [0.05, 0.1) is 22.7 Å². The Hall–Kier alpha value is -3.48. The Morgan fingerprint density at radius 1 is 0.821 bits per heavy atom. The first-order valence-corrected chi connectivity index (χ1v) is 13.3. The highest BCUT2D eigenvalue weighted by molar-refractivity contribution is 6.45. The maximum atomic E-state index is 13.7. The zero-order valence-electron chi connectivity index (χ0n) is 20.5. The average Bonchev–Trinajstić information content (AvgIpc) is 3.24. The van der Waals surface area contributed by atoms with Gasteiger partial charge in [-0.05, 0) is 42.0 Å². The minimum absolute atomic E-state index is 0.208.